The van der Waals surface area contributed by atoms with E-state index in [0.717, 1.165) is 17.1 Å². The molecule has 102 valence electrons. The zero-order chi connectivity index (χ0) is 13.2. The Bertz CT molecular complexity index is 494. The predicted molar refractivity (Wildman–Crippen MR) is 71.4 cm³/mol. The van der Waals surface area contributed by atoms with Crippen molar-refractivity contribution in [2.24, 2.45) is 0 Å². The minimum atomic E-state index is -0.0459. The van der Waals surface area contributed by atoms with Gasteiger partial charge in [0.25, 0.3) is 0 Å². The summed E-state index contributed by atoms with van der Waals surface area (Å²) in [7, 11) is 0. The van der Waals surface area contributed by atoms with E-state index in [0.29, 0.717) is 25.5 Å². The van der Waals surface area contributed by atoms with Gasteiger partial charge in [0, 0.05) is 6.54 Å². The summed E-state index contributed by atoms with van der Waals surface area (Å²) < 4.78 is 11.0. The van der Waals surface area contributed by atoms with Gasteiger partial charge in [-0.15, -0.1) is 11.8 Å². The number of rotatable bonds is 3. The maximum atomic E-state index is 11.8. The van der Waals surface area contributed by atoms with Gasteiger partial charge in [0.15, 0.2) is 11.5 Å². The number of ether oxygens (including phenoxy) is 2. The number of amides is 1. The first kappa shape index (κ1) is 12.6. The predicted octanol–water partition coefficient (Wildman–Crippen LogP) is 1.02. The van der Waals surface area contributed by atoms with Crippen LogP contribution in [0, 0.1) is 0 Å². The number of hydrogen-bond acceptors (Lipinski definition) is 5. The highest BCUT2D eigenvalue weighted by Crippen LogP contribution is 2.41. The van der Waals surface area contributed by atoms with E-state index in [1.807, 2.05) is 18.2 Å². The molecule has 0 aliphatic carbocycles. The highest BCUT2D eigenvalue weighted by molar-refractivity contribution is 8.00. The first-order valence-electron chi connectivity index (χ1n) is 6.21. The maximum Gasteiger partial charge on any atom is 0.233 e. The second-order valence-electron chi connectivity index (χ2n) is 4.38. The number of hydrogen-bond donors (Lipinski definition) is 1. The Hall–Kier alpha value is -1.40. The molecule has 5 nitrogen and oxygen atoms in total. The van der Waals surface area contributed by atoms with E-state index in [9.17, 15) is 4.79 Å². The molecule has 2 heterocycles. The lowest BCUT2D eigenvalue weighted by Gasteiger charge is -2.25. The topological polar surface area (TPSA) is 59.0 Å². The average molecular weight is 281 g/mol. The summed E-state index contributed by atoms with van der Waals surface area (Å²) in [4.78, 5) is 13.5. The van der Waals surface area contributed by atoms with Crippen molar-refractivity contribution in [3.8, 4) is 11.5 Å². The molecule has 3 rings (SSSR count). The van der Waals surface area contributed by atoms with Crippen molar-refractivity contribution >= 4 is 17.7 Å². The summed E-state index contributed by atoms with van der Waals surface area (Å²) in [6.45, 7) is 1.46. The molecule has 2 aliphatic rings. The molecule has 1 saturated heterocycles. The number of thioether (sulfide) groups is 1. The van der Waals surface area contributed by atoms with Crippen LogP contribution >= 0.6 is 11.8 Å². The first-order valence-corrected chi connectivity index (χ1v) is 7.26. The molecule has 1 N–H and O–H groups in total. The van der Waals surface area contributed by atoms with Crippen molar-refractivity contribution in [1.29, 1.82) is 0 Å². The minimum absolute atomic E-state index is 0.0205. The fourth-order valence-corrected chi connectivity index (χ4v) is 3.50. The summed E-state index contributed by atoms with van der Waals surface area (Å²) in [6, 6.07) is 5.76. The molecule has 1 aromatic carbocycles. The lowest BCUT2D eigenvalue weighted by molar-refractivity contribution is -0.128. The first-order chi connectivity index (χ1) is 9.29. The third-order valence-electron chi connectivity index (χ3n) is 3.16. The van der Waals surface area contributed by atoms with Crippen LogP contribution in [0.4, 0.5) is 0 Å². The van der Waals surface area contributed by atoms with Crippen molar-refractivity contribution < 1.29 is 19.4 Å². The van der Waals surface area contributed by atoms with Gasteiger partial charge < -0.3 is 19.5 Å². The number of carbonyl (C=O) groups is 1. The van der Waals surface area contributed by atoms with Gasteiger partial charge in [-0.1, -0.05) is 6.07 Å². The number of β-amino-alcohol motifs (C(OH)–C–C–N with tert-alkyl or cyclic N) is 1. The molecule has 0 radical (unpaired) electrons. The van der Waals surface area contributed by atoms with Gasteiger partial charge in [0.1, 0.15) is 18.6 Å². The van der Waals surface area contributed by atoms with Gasteiger partial charge in [-0.2, -0.15) is 0 Å². The zero-order valence-electron chi connectivity index (χ0n) is 10.4. The molecule has 19 heavy (non-hydrogen) atoms. The van der Waals surface area contributed by atoms with Crippen molar-refractivity contribution in [2.75, 3.05) is 32.1 Å². The Balaban J connectivity index is 1.87. The van der Waals surface area contributed by atoms with Crippen LogP contribution in [0.1, 0.15) is 10.9 Å². The van der Waals surface area contributed by atoms with E-state index < -0.39 is 0 Å². The van der Waals surface area contributed by atoms with E-state index in [2.05, 4.69) is 0 Å². The summed E-state index contributed by atoms with van der Waals surface area (Å²) >= 11 is 1.57. The van der Waals surface area contributed by atoms with E-state index in [4.69, 9.17) is 14.6 Å². The quantitative estimate of drug-likeness (QED) is 0.896. The molecule has 0 bridgehead atoms. The van der Waals surface area contributed by atoms with Gasteiger partial charge in [-0.25, -0.2) is 0 Å². The normalized spacial score (nSPS) is 21.8. The smallest absolute Gasteiger partial charge is 0.233 e. The lowest BCUT2D eigenvalue weighted by atomic mass is 10.1. The summed E-state index contributed by atoms with van der Waals surface area (Å²) in [5.41, 5.74) is 1.01. The van der Waals surface area contributed by atoms with Crippen LogP contribution < -0.4 is 9.47 Å². The van der Waals surface area contributed by atoms with Crippen LogP contribution in [0.3, 0.4) is 0 Å². The zero-order valence-corrected chi connectivity index (χ0v) is 11.2. The molecule has 0 aromatic heterocycles. The number of aliphatic hydroxyl groups excluding tert-OH is 1. The summed E-state index contributed by atoms with van der Waals surface area (Å²) in [5, 5.41) is 9.01. The van der Waals surface area contributed by atoms with Crippen LogP contribution in [0.25, 0.3) is 0 Å². The molecular weight excluding hydrogens is 266 g/mol. The minimum Gasteiger partial charge on any atom is -0.486 e. The summed E-state index contributed by atoms with van der Waals surface area (Å²) in [5.74, 6) is 2.00. The molecule has 1 amide bonds. The van der Waals surface area contributed by atoms with E-state index in [-0.39, 0.29) is 17.9 Å². The average Bonchev–Trinajstić information content (AvgIpc) is 2.80. The molecule has 1 atom stereocenters. The monoisotopic (exact) mass is 281 g/mol. The molecule has 1 aromatic rings. The van der Waals surface area contributed by atoms with E-state index >= 15 is 0 Å². The number of fused-ring (bicyclic) bond motifs is 1. The molecule has 1 unspecified atom stereocenters. The molecule has 2 aliphatic heterocycles. The van der Waals surface area contributed by atoms with E-state index in [1.54, 1.807) is 16.7 Å². The van der Waals surface area contributed by atoms with Gasteiger partial charge in [-0.3, -0.25) is 4.79 Å². The molecule has 0 spiro atoms. The van der Waals surface area contributed by atoms with Crippen LogP contribution in [-0.2, 0) is 4.79 Å². The Labute approximate surface area is 115 Å². The Kier molecular flexibility index (Phi) is 3.52. The number of aliphatic hydroxyl groups is 1. The van der Waals surface area contributed by atoms with Gasteiger partial charge in [0.2, 0.25) is 5.91 Å². The van der Waals surface area contributed by atoms with E-state index in [1.165, 1.54) is 0 Å². The van der Waals surface area contributed by atoms with Gasteiger partial charge >= 0.3 is 0 Å². The molecule has 0 saturated carbocycles. The third-order valence-corrected chi connectivity index (χ3v) is 4.42. The van der Waals surface area contributed by atoms with Crippen LogP contribution in [0.15, 0.2) is 18.2 Å². The van der Waals surface area contributed by atoms with Crippen molar-refractivity contribution in [3.63, 3.8) is 0 Å². The van der Waals surface area contributed by atoms with Crippen molar-refractivity contribution in [1.82, 2.24) is 4.90 Å². The largest absolute Gasteiger partial charge is 0.486 e. The van der Waals surface area contributed by atoms with Gasteiger partial charge in [0.05, 0.1) is 12.4 Å². The van der Waals surface area contributed by atoms with Gasteiger partial charge in [-0.05, 0) is 17.7 Å². The number of nitrogens with zero attached hydrogens (tertiary/aromatic N) is 1. The number of carbonyl (C=O) groups excluding carboxylic acids is 1. The maximum absolute atomic E-state index is 11.8. The molecule has 1 fully saturated rings. The molecule has 6 heteroatoms. The van der Waals surface area contributed by atoms with Crippen molar-refractivity contribution in [2.45, 2.75) is 5.37 Å². The van der Waals surface area contributed by atoms with Crippen molar-refractivity contribution in [3.05, 3.63) is 23.8 Å². The highest BCUT2D eigenvalue weighted by Gasteiger charge is 2.32. The second-order valence-corrected chi connectivity index (χ2v) is 5.45. The standard InChI is InChI=1S/C13H15NO4S/c15-4-3-14-12(16)8-19-13(14)9-1-2-10-11(7-9)18-6-5-17-10/h1-2,7,13,15H,3-6,8H2. The second kappa shape index (κ2) is 5.30. The Morgan fingerprint density at radius 3 is 2.89 bits per heavy atom. The highest BCUT2D eigenvalue weighted by atomic mass is 32.2. The fraction of sp³-hybridized carbons (Fsp3) is 0.462. The van der Waals surface area contributed by atoms with Crippen LogP contribution in [0.5, 0.6) is 11.5 Å². The van der Waals surface area contributed by atoms with Crippen LogP contribution in [0.2, 0.25) is 0 Å². The Morgan fingerprint density at radius 2 is 2.11 bits per heavy atom. The lowest BCUT2D eigenvalue weighted by Crippen LogP contribution is -2.31. The number of benzene rings is 1. The molecular formula is C13H15NO4S. The van der Waals surface area contributed by atoms with Crippen LogP contribution in [-0.4, -0.2) is 48.0 Å². The SMILES string of the molecule is O=C1CSC(c2ccc3c(c2)OCCO3)N1CCO. The summed E-state index contributed by atoms with van der Waals surface area (Å²) in [6.07, 6.45) is 0. The third kappa shape index (κ3) is 2.37. The Morgan fingerprint density at radius 1 is 1.32 bits per heavy atom. The fourth-order valence-electron chi connectivity index (χ4n) is 2.29.